The number of hydrogen-bond acceptors (Lipinski definition) is 8. The van der Waals surface area contributed by atoms with Gasteiger partial charge in [-0.25, -0.2) is 14.8 Å². The van der Waals surface area contributed by atoms with Gasteiger partial charge in [0.2, 0.25) is 11.9 Å². The molecule has 0 aliphatic heterocycles. The monoisotopic (exact) mass is 545 g/mol. The van der Waals surface area contributed by atoms with Gasteiger partial charge in [0, 0.05) is 26.2 Å². The second kappa shape index (κ2) is 11.8. The smallest absolute Gasteiger partial charge is 0.247 e. The van der Waals surface area contributed by atoms with Crippen molar-refractivity contribution in [1.29, 1.82) is 0 Å². The molecule has 1 amide bonds. The summed E-state index contributed by atoms with van der Waals surface area (Å²) in [6.07, 6.45) is 4.30. The number of aromatic nitrogens is 4. The summed E-state index contributed by atoms with van der Waals surface area (Å²) in [5, 5.41) is 6.38. The number of carbonyl (C=O) groups is 1. The molecule has 0 saturated heterocycles. The van der Waals surface area contributed by atoms with Crippen molar-refractivity contribution in [2.75, 3.05) is 56.9 Å². The van der Waals surface area contributed by atoms with Crippen LogP contribution in [0.1, 0.15) is 0 Å². The van der Waals surface area contributed by atoms with E-state index in [0.29, 0.717) is 39.2 Å². The summed E-state index contributed by atoms with van der Waals surface area (Å²) in [5.41, 5.74) is 3.75. The Hall–Kier alpha value is -4.66. The number of carbonyl (C=O) groups excluding carboxylic acids is 1. The van der Waals surface area contributed by atoms with Crippen LogP contribution < -0.4 is 20.3 Å². The Morgan fingerprint density at radius 2 is 2.00 bits per heavy atom. The summed E-state index contributed by atoms with van der Waals surface area (Å²) in [5.74, 6) is 0.846. The summed E-state index contributed by atoms with van der Waals surface area (Å²) in [7, 11) is 7.51. The number of rotatable bonds is 10. The number of halogens is 1. The van der Waals surface area contributed by atoms with Crippen molar-refractivity contribution >= 4 is 57.2 Å². The molecule has 200 valence electrons. The van der Waals surface area contributed by atoms with Crippen molar-refractivity contribution in [2.45, 2.75) is 0 Å². The Morgan fingerprint density at radius 1 is 1.21 bits per heavy atom. The molecule has 0 unspecified atom stereocenters. The SMILES string of the molecule is [C-]#[N+]c1ccc2c(c1)ncn2-c1nc(Nc2cc(NC(=O)C=C)c(N(C)CCN(C)C)cc2OC)ncc1Cl. The largest absolute Gasteiger partial charge is 0.494 e. The number of nitrogens with zero attached hydrogens (tertiary/aromatic N) is 7. The molecule has 0 aliphatic rings. The third-order valence-electron chi connectivity index (χ3n) is 5.92. The summed E-state index contributed by atoms with van der Waals surface area (Å²) in [4.78, 5) is 33.2. The van der Waals surface area contributed by atoms with Crippen LogP contribution in [0.15, 0.2) is 55.5 Å². The van der Waals surface area contributed by atoms with Gasteiger partial charge in [-0.1, -0.05) is 24.2 Å². The molecule has 2 N–H and O–H groups in total. The number of anilines is 4. The zero-order valence-electron chi connectivity index (χ0n) is 22.1. The first kappa shape index (κ1) is 27.4. The highest BCUT2D eigenvalue weighted by Crippen LogP contribution is 2.38. The highest BCUT2D eigenvalue weighted by Gasteiger charge is 2.18. The summed E-state index contributed by atoms with van der Waals surface area (Å²) < 4.78 is 7.40. The fraction of sp³-hybridized carbons (Fsp3) is 0.222. The van der Waals surface area contributed by atoms with E-state index in [1.54, 1.807) is 42.3 Å². The van der Waals surface area contributed by atoms with E-state index in [0.717, 1.165) is 24.3 Å². The topological polar surface area (TPSA) is 105 Å². The Morgan fingerprint density at radius 3 is 2.69 bits per heavy atom. The average Bonchev–Trinajstić information content (AvgIpc) is 3.35. The number of nitrogens with one attached hydrogen (secondary N) is 2. The van der Waals surface area contributed by atoms with E-state index in [1.807, 2.05) is 32.1 Å². The van der Waals surface area contributed by atoms with E-state index in [-0.39, 0.29) is 11.9 Å². The Labute approximate surface area is 231 Å². The second-order valence-electron chi connectivity index (χ2n) is 8.88. The van der Waals surface area contributed by atoms with Crippen molar-refractivity contribution in [3.05, 3.63) is 72.0 Å². The Balaban J connectivity index is 1.73. The molecule has 2 aromatic heterocycles. The van der Waals surface area contributed by atoms with Crippen molar-refractivity contribution in [2.24, 2.45) is 0 Å². The van der Waals surface area contributed by atoms with Gasteiger partial charge < -0.3 is 25.2 Å². The van der Waals surface area contributed by atoms with E-state index < -0.39 is 0 Å². The molecule has 4 rings (SSSR count). The van der Waals surface area contributed by atoms with E-state index in [1.165, 1.54) is 12.3 Å². The van der Waals surface area contributed by atoms with Crippen molar-refractivity contribution in [1.82, 2.24) is 24.4 Å². The number of hydrogen-bond donors (Lipinski definition) is 2. The minimum absolute atomic E-state index is 0.252. The quantitative estimate of drug-likeness (QED) is 0.214. The lowest BCUT2D eigenvalue weighted by atomic mass is 10.2. The lowest BCUT2D eigenvalue weighted by molar-refractivity contribution is -0.111. The number of benzene rings is 2. The predicted molar refractivity (Wildman–Crippen MR) is 155 cm³/mol. The van der Waals surface area contributed by atoms with E-state index in [4.69, 9.17) is 22.9 Å². The van der Waals surface area contributed by atoms with Gasteiger partial charge in [0.05, 0.1) is 48.0 Å². The van der Waals surface area contributed by atoms with Gasteiger partial charge in [-0.2, -0.15) is 4.98 Å². The third-order valence-corrected chi connectivity index (χ3v) is 6.18. The lowest BCUT2D eigenvalue weighted by Crippen LogP contribution is -2.29. The molecule has 12 heteroatoms. The van der Waals surface area contributed by atoms with Gasteiger partial charge in [-0.3, -0.25) is 9.36 Å². The zero-order chi connectivity index (χ0) is 28.1. The van der Waals surface area contributed by atoms with Gasteiger partial charge in [0.15, 0.2) is 11.5 Å². The Bertz CT molecular complexity index is 1580. The van der Waals surface area contributed by atoms with Gasteiger partial charge in [-0.05, 0) is 38.4 Å². The zero-order valence-corrected chi connectivity index (χ0v) is 22.8. The predicted octanol–water partition coefficient (Wildman–Crippen LogP) is 4.89. The van der Waals surface area contributed by atoms with Gasteiger partial charge >= 0.3 is 0 Å². The fourth-order valence-electron chi connectivity index (χ4n) is 3.85. The van der Waals surface area contributed by atoms with E-state index in [2.05, 4.69) is 41.9 Å². The van der Waals surface area contributed by atoms with Crippen LogP contribution in [0.4, 0.5) is 28.7 Å². The normalized spacial score (nSPS) is 10.8. The summed E-state index contributed by atoms with van der Waals surface area (Å²) in [6.45, 7) is 12.3. The van der Waals surface area contributed by atoms with Crippen molar-refractivity contribution in [3.63, 3.8) is 0 Å². The molecular weight excluding hydrogens is 518 g/mol. The molecule has 0 aliphatic carbocycles. The first-order chi connectivity index (χ1) is 18.7. The molecule has 2 heterocycles. The molecule has 39 heavy (non-hydrogen) atoms. The van der Waals surface area contributed by atoms with Crippen LogP contribution >= 0.6 is 11.6 Å². The van der Waals surface area contributed by atoms with Crippen LogP contribution in [0.25, 0.3) is 21.7 Å². The highest BCUT2D eigenvalue weighted by molar-refractivity contribution is 6.32. The average molecular weight is 546 g/mol. The van der Waals surface area contributed by atoms with E-state index in [9.17, 15) is 4.79 Å². The molecular formula is C27H28ClN9O2. The number of imidazole rings is 1. The molecule has 11 nitrogen and oxygen atoms in total. The Kier molecular flexibility index (Phi) is 8.29. The van der Waals surface area contributed by atoms with Crippen LogP contribution in [0, 0.1) is 6.57 Å². The van der Waals surface area contributed by atoms with Crippen LogP contribution in [0.2, 0.25) is 5.02 Å². The standard InChI is InChI=1S/C27H28ClN9O2/c1-7-25(38)32-20-13-21(24(39-6)14-23(20)36(5)11-10-35(3)4)33-27-30-15-18(28)26(34-27)37-16-31-19-12-17(29-2)8-9-22(19)37/h7-9,12-16H,1,10-11H2,3-6H3,(H,32,38)(H,30,33,34). The maximum atomic E-state index is 12.2. The minimum Gasteiger partial charge on any atom is -0.494 e. The van der Waals surface area contributed by atoms with Crippen LogP contribution in [0.3, 0.4) is 0 Å². The number of amides is 1. The third kappa shape index (κ3) is 6.09. The molecule has 0 radical (unpaired) electrons. The molecule has 4 aromatic rings. The maximum Gasteiger partial charge on any atom is 0.247 e. The second-order valence-corrected chi connectivity index (χ2v) is 9.28. The molecule has 0 bridgehead atoms. The van der Waals surface area contributed by atoms with E-state index >= 15 is 0 Å². The van der Waals surface area contributed by atoms with Crippen LogP contribution in [-0.4, -0.2) is 71.7 Å². The minimum atomic E-state index is -0.341. The number of ether oxygens (including phenoxy) is 1. The first-order valence-electron chi connectivity index (χ1n) is 11.9. The summed E-state index contributed by atoms with van der Waals surface area (Å²) in [6, 6.07) is 8.81. The number of likely N-dealkylation sites (N-methyl/N-ethyl adjacent to an activating group) is 2. The van der Waals surface area contributed by atoms with Crippen LogP contribution in [-0.2, 0) is 4.79 Å². The lowest BCUT2D eigenvalue weighted by Gasteiger charge is -2.26. The van der Waals surface area contributed by atoms with Gasteiger partial charge in [0.1, 0.15) is 17.1 Å². The molecule has 0 fully saturated rings. The maximum absolute atomic E-state index is 12.2. The molecule has 0 saturated carbocycles. The first-order valence-corrected chi connectivity index (χ1v) is 12.3. The molecule has 0 atom stereocenters. The fourth-order valence-corrected chi connectivity index (χ4v) is 4.04. The van der Waals surface area contributed by atoms with Crippen molar-refractivity contribution in [3.8, 4) is 11.6 Å². The van der Waals surface area contributed by atoms with Crippen LogP contribution in [0.5, 0.6) is 5.75 Å². The van der Waals surface area contributed by atoms with Gasteiger partial charge in [0.25, 0.3) is 0 Å². The summed E-state index contributed by atoms with van der Waals surface area (Å²) >= 11 is 6.47. The van der Waals surface area contributed by atoms with Gasteiger partial charge in [-0.15, -0.1) is 0 Å². The molecule has 0 spiro atoms. The highest BCUT2D eigenvalue weighted by atomic mass is 35.5. The number of fused-ring (bicyclic) bond motifs is 1. The van der Waals surface area contributed by atoms with Crippen molar-refractivity contribution < 1.29 is 9.53 Å². The molecule has 2 aromatic carbocycles. The number of methoxy groups -OCH3 is 1.